The highest BCUT2D eigenvalue weighted by atomic mass is 32.2. The molecule has 3 rings (SSSR count). The van der Waals surface area contributed by atoms with Crippen LogP contribution in [0.3, 0.4) is 0 Å². The van der Waals surface area contributed by atoms with Crippen molar-refractivity contribution in [3.63, 3.8) is 0 Å². The molecule has 144 valence electrons. The summed E-state index contributed by atoms with van der Waals surface area (Å²) in [6.07, 6.45) is 1.60. The van der Waals surface area contributed by atoms with E-state index in [1.54, 1.807) is 25.4 Å². The lowest BCUT2D eigenvalue weighted by Gasteiger charge is -2.08. The lowest BCUT2D eigenvalue weighted by molar-refractivity contribution is 0.560. The summed E-state index contributed by atoms with van der Waals surface area (Å²) in [7, 11) is 0.352. The van der Waals surface area contributed by atoms with Gasteiger partial charge in [-0.3, -0.25) is 9.20 Å². The van der Waals surface area contributed by atoms with E-state index in [1.165, 1.54) is 11.3 Å². The van der Waals surface area contributed by atoms with Gasteiger partial charge in [0.1, 0.15) is 5.84 Å². The first-order chi connectivity index (χ1) is 13.4. The number of hydrogen-bond donors (Lipinski definition) is 1. The van der Waals surface area contributed by atoms with Crippen molar-refractivity contribution in [1.82, 2.24) is 10.2 Å². The Balaban J connectivity index is 2.05. The third-order valence-electron chi connectivity index (χ3n) is 3.92. The lowest BCUT2D eigenvalue weighted by atomic mass is 10.2. The van der Waals surface area contributed by atoms with E-state index in [0.717, 1.165) is 10.4 Å². The minimum absolute atomic E-state index is 0.134. The molecule has 2 heterocycles. The van der Waals surface area contributed by atoms with Gasteiger partial charge in [0.25, 0.3) is 11.8 Å². The molecule has 0 aliphatic carbocycles. The van der Waals surface area contributed by atoms with Crippen molar-refractivity contribution in [3.8, 4) is 10.8 Å². The van der Waals surface area contributed by atoms with Crippen LogP contribution in [0.5, 0.6) is 0 Å². The van der Waals surface area contributed by atoms with Gasteiger partial charge >= 0.3 is 0 Å². The Morgan fingerprint density at radius 2 is 2.04 bits per heavy atom. The van der Waals surface area contributed by atoms with Crippen LogP contribution in [0, 0.1) is 6.92 Å². The van der Waals surface area contributed by atoms with Gasteiger partial charge in [0.2, 0.25) is 0 Å². The number of aliphatic imine (C=N–C) groups is 2. The van der Waals surface area contributed by atoms with E-state index in [4.69, 9.17) is 10.2 Å². The molecule has 9 heteroatoms. The van der Waals surface area contributed by atoms with Crippen LogP contribution >= 0.6 is 11.3 Å². The van der Waals surface area contributed by atoms with Crippen LogP contribution in [0.2, 0.25) is 0 Å². The smallest absolute Gasteiger partial charge is 0.270 e. The van der Waals surface area contributed by atoms with Crippen LogP contribution in [0.4, 0.5) is 0 Å². The second kappa shape index (κ2) is 8.41. The molecule has 1 aromatic carbocycles. The fourth-order valence-corrected chi connectivity index (χ4v) is 4.09. The Morgan fingerprint density at radius 1 is 1.29 bits per heavy atom. The first kappa shape index (κ1) is 19.8. The number of hydrogen-bond acceptors (Lipinski definition) is 7. The normalized spacial score (nSPS) is 13.5. The topological polar surface area (TPSA) is 107 Å². The molecule has 28 heavy (non-hydrogen) atoms. The molecule has 0 saturated carbocycles. The molecular weight excluding hydrogens is 394 g/mol. The monoisotopic (exact) mass is 413 g/mol. The van der Waals surface area contributed by atoms with Gasteiger partial charge in [-0.1, -0.05) is 24.8 Å². The predicted octanol–water partition coefficient (Wildman–Crippen LogP) is 3.29. The number of nitrogens with two attached hydrogens (primary N) is 1. The van der Waals surface area contributed by atoms with Crippen molar-refractivity contribution >= 4 is 39.4 Å². The average molecular weight is 414 g/mol. The Bertz CT molecular complexity index is 1110. The molecule has 7 nitrogen and oxygen atoms in total. The van der Waals surface area contributed by atoms with E-state index in [0.29, 0.717) is 22.0 Å². The van der Waals surface area contributed by atoms with Crippen LogP contribution in [0.15, 0.2) is 61.6 Å². The van der Waals surface area contributed by atoms with Crippen molar-refractivity contribution < 1.29 is 8.63 Å². The molecule has 0 radical (unpaired) electrons. The Hall–Kier alpha value is -2.91. The Morgan fingerprint density at radius 3 is 2.68 bits per heavy atom. The van der Waals surface area contributed by atoms with Gasteiger partial charge in [-0.05, 0) is 30.0 Å². The molecule has 0 amide bonds. The highest BCUT2D eigenvalue weighted by molar-refractivity contribution is 7.84. The maximum atomic E-state index is 12.0. The predicted molar refractivity (Wildman–Crippen MR) is 114 cm³/mol. The summed E-state index contributed by atoms with van der Waals surface area (Å²) in [5.74, 6) is 0.663. The quantitative estimate of drug-likeness (QED) is 0.493. The van der Waals surface area contributed by atoms with Crippen molar-refractivity contribution in [2.24, 2.45) is 15.7 Å². The summed E-state index contributed by atoms with van der Waals surface area (Å²) in [4.78, 5) is 10.00. The zero-order chi connectivity index (χ0) is 20.3. The fraction of sp³-hybridized carbons (Fsp3) is 0.158. The van der Waals surface area contributed by atoms with Gasteiger partial charge in [-0.2, -0.15) is 0 Å². The van der Waals surface area contributed by atoms with Crippen LogP contribution in [-0.4, -0.2) is 39.3 Å². The minimum atomic E-state index is -1.19. The van der Waals surface area contributed by atoms with Gasteiger partial charge in [-0.15, -0.1) is 21.5 Å². The number of amidine groups is 1. The molecule has 3 aromatic rings. The molecule has 1 atom stereocenters. The van der Waals surface area contributed by atoms with Gasteiger partial charge in [0.15, 0.2) is 5.71 Å². The maximum Gasteiger partial charge on any atom is 0.270 e. The van der Waals surface area contributed by atoms with E-state index < -0.39 is 10.8 Å². The van der Waals surface area contributed by atoms with Crippen LogP contribution in [-0.2, 0) is 10.8 Å². The number of aromatic nitrogens is 2. The highest BCUT2D eigenvalue weighted by Gasteiger charge is 2.20. The molecule has 0 aliphatic heterocycles. The zero-order valence-electron chi connectivity index (χ0n) is 15.7. The number of aryl methyl sites for hydroxylation is 1. The molecule has 2 aromatic heterocycles. The summed E-state index contributed by atoms with van der Waals surface area (Å²) < 4.78 is 17.8. The van der Waals surface area contributed by atoms with Gasteiger partial charge in [0, 0.05) is 23.8 Å². The molecule has 0 bridgehead atoms. The van der Waals surface area contributed by atoms with Crippen molar-refractivity contribution in [2.45, 2.75) is 11.8 Å². The summed E-state index contributed by atoms with van der Waals surface area (Å²) in [6, 6.07) is 9.19. The summed E-state index contributed by atoms with van der Waals surface area (Å²) in [5.41, 5.74) is 8.31. The first-order valence-electron chi connectivity index (χ1n) is 8.23. The Labute approximate surface area is 169 Å². The molecule has 0 fully saturated rings. The maximum absolute atomic E-state index is 12.0. The number of rotatable bonds is 6. The third-order valence-corrected chi connectivity index (χ3v) is 5.90. The molecule has 0 aliphatic rings. The summed E-state index contributed by atoms with van der Waals surface area (Å²) in [6.45, 7) is 5.97. The second-order valence-corrected chi connectivity index (χ2v) is 8.08. The SMILES string of the molecule is C=C(N=C(C(N)=NC)c1nnc(-c2sccc2C)o1)c1ccccc1S(C)=O. The Kier molecular flexibility index (Phi) is 5.96. The molecule has 1 unspecified atom stereocenters. The largest absolute Gasteiger partial charge is 0.414 e. The van der Waals surface area contributed by atoms with E-state index in [1.807, 2.05) is 30.5 Å². The van der Waals surface area contributed by atoms with Crippen LogP contribution in [0.1, 0.15) is 17.0 Å². The zero-order valence-corrected chi connectivity index (χ0v) is 17.3. The van der Waals surface area contributed by atoms with E-state index in [2.05, 4.69) is 26.8 Å². The second-order valence-electron chi connectivity index (χ2n) is 5.81. The van der Waals surface area contributed by atoms with Crippen LogP contribution < -0.4 is 5.73 Å². The van der Waals surface area contributed by atoms with E-state index >= 15 is 0 Å². The number of nitrogens with zero attached hydrogens (tertiary/aromatic N) is 4. The van der Waals surface area contributed by atoms with Crippen LogP contribution in [0.25, 0.3) is 16.5 Å². The molecule has 0 saturated heterocycles. The van der Waals surface area contributed by atoms with E-state index in [9.17, 15) is 4.21 Å². The lowest BCUT2D eigenvalue weighted by Crippen LogP contribution is -2.25. The molecule has 2 N–H and O–H groups in total. The standard InChI is InChI=1S/C19H19N5O2S2/c1-11-9-10-27-16(11)19-24-23-18(26-19)15(17(20)21-3)22-12(2)13-7-5-6-8-14(13)28(4)25/h5-10H,2H2,1,3-4H3,(H2,20,21). The first-order valence-corrected chi connectivity index (χ1v) is 10.7. The summed E-state index contributed by atoms with van der Waals surface area (Å²) >= 11 is 1.51. The highest BCUT2D eigenvalue weighted by Crippen LogP contribution is 2.28. The number of benzene rings is 1. The average Bonchev–Trinajstić information content (AvgIpc) is 3.34. The summed E-state index contributed by atoms with van der Waals surface area (Å²) in [5, 5.41) is 10.1. The van der Waals surface area contributed by atoms with Crippen molar-refractivity contribution in [3.05, 3.63) is 59.3 Å². The fourth-order valence-electron chi connectivity index (χ4n) is 2.47. The van der Waals surface area contributed by atoms with E-state index in [-0.39, 0.29) is 17.4 Å². The third kappa shape index (κ3) is 4.00. The van der Waals surface area contributed by atoms with Gasteiger partial charge in [-0.25, -0.2) is 4.99 Å². The minimum Gasteiger partial charge on any atom is -0.414 e. The van der Waals surface area contributed by atoms with Gasteiger partial charge in [0.05, 0.1) is 21.4 Å². The van der Waals surface area contributed by atoms with Gasteiger partial charge < -0.3 is 10.2 Å². The number of thiophene rings is 1. The van der Waals surface area contributed by atoms with Crippen molar-refractivity contribution in [2.75, 3.05) is 13.3 Å². The molecular formula is C19H19N5O2S2. The molecule has 0 spiro atoms. The van der Waals surface area contributed by atoms with Crippen molar-refractivity contribution in [1.29, 1.82) is 0 Å².